The van der Waals surface area contributed by atoms with Crippen molar-refractivity contribution in [3.63, 3.8) is 0 Å². The number of primary amides is 1. The fraction of sp³-hybridized carbons (Fsp3) is 0.294. The van der Waals surface area contributed by atoms with Crippen LogP contribution in [0.1, 0.15) is 51.8 Å². The molecule has 128 valence electrons. The Kier molecular flexibility index (Phi) is 3.72. The van der Waals surface area contributed by atoms with Crippen LogP contribution in [-0.4, -0.2) is 43.4 Å². The second kappa shape index (κ2) is 6.04. The number of carbonyl (C=O) groups is 2. The summed E-state index contributed by atoms with van der Waals surface area (Å²) in [6, 6.07) is 6.94. The molecular weight excluding hydrogens is 320 g/mol. The molecule has 1 aromatic carbocycles. The second-order valence-corrected chi connectivity index (χ2v) is 6.22. The van der Waals surface area contributed by atoms with Crippen LogP contribution in [0.2, 0.25) is 0 Å². The lowest BCUT2D eigenvalue weighted by Gasteiger charge is -2.35. The summed E-state index contributed by atoms with van der Waals surface area (Å²) < 4.78 is 0. The zero-order valence-electron chi connectivity index (χ0n) is 13.5. The number of amides is 2. The van der Waals surface area contributed by atoms with E-state index in [1.807, 2.05) is 17.0 Å². The first-order valence-corrected chi connectivity index (χ1v) is 8.22. The normalized spacial score (nSPS) is 17.8. The fourth-order valence-corrected chi connectivity index (χ4v) is 3.37. The number of nitrogens with one attached hydrogen (secondary N) is 2. The number of aromatic amines is 2. The van der Waals surface area contributed by atoms with Gasteiger partial charge < -0.3 is 15.6 Å². The van der Waals surface area contributed by atoms with Gasteiger partial charge in [-0.2, -0.15) is 5.10 Å². The number of H-pyrrole nitrogens is 2. The molecule has 1 saturated heterocycles. The van der Waals surface area contributed by atoms with Gasteiger partial charge in [0.1, 0.15) is 5.69 Å². The highest BCUT2D eigenvalue weighted by atomic mass is 16.2. The van der Waals surface area contributed by atoms with E-state index in [1.54, 1.807) is 18.5 Å². The van der Waals surface area contributed by atoms with Crippen LogP contribution in [0.25, 0.3) is 11.0 Å². The highest BCUT2D eigenvalue weighted by Crippen LogP contribution is 2.31. The van der Waals surface area contributed by atoms with Crippen molar-refractivity contribution in [2.75, 3.05) is 6.54 Å². The first kappa shape index (κ1) is 15.4. The van der Waals surface area contributed by atoms with E-state index in [0.29, 0.717) is 12.1 Å². The summed E-state index contributed by atoms with van der Waals surface area (Å²) in [7, 11) is 0. The molecule has 2 aromatic heterocycles. The predicted molar refractivity (Wildman–Crippen MR) is 90.8 cm³/mol. The Balaban J connectivity index is 1.65. The molecule has 0 aliphatic carbocycles. The highest BCUT2D eigenvalue weighted by molar-refractivity contribution is 5.97. The zero-order chi connectivity index (χ0) is 17.4. The Hall–Kier alpha value is -3.16. The predicted octanol–water partition coefficient (Wildman–Crippen LogP) is 1.75. The zero-order valence-corrected chi connectivity index (χ0v) is 13.5. The van der Waals surface area contributed by atoms with Gasteiger partial charge in [-0.25, -0.2) is 4.98 Å². The number of nitrogens with two attached hydrogens (primary N) is 1. The van der Waals surface area contributed by atoms with E-state index in [1.165, 1.54) is 0 Å². The monoisotopic (exact) mass is 338 g/mol. The quantitative estimate of drug-likeness (QED) is 0.673. The summed E-state index contributed by atoms with van der Waals surface area (Å²) in [5.41, 5.74) is 8.47. The maximum Gasteiger partial charge on any atom is 0.269 e. The number of imidazole rings is 1. The molecule has 0 bridgehead atoms. The molecule has 0 spiro atoms. The summed E-state index contributed by atoms with van der Waals surface area (Å²) in [6.45, 7) is 0.662. The summed E-state index contributed by atoms with van der Waals surface area (Å²) >= 11 is 0. The minimum absolute atomic E-state index is 0.0450. The molecule has 8 nitrogen and oxygen atoms in total. The standard InChI is InChI=1S/C17H18N6O2/c18-16(24)14-8-13(21-22-14)15-3-1-2-6-23(15)17(25)10-4-5-11-12(7-10)20-9-19-11/h4-5,7-9,15H,1-3,6H2,(H2,18,24)(H,19,20)(H,21,22). The van der Waals surface area contributed by atoms with Gasteiger partial charge in [0.05, 0.1) is 29.1 Å². The number of piperidine rings is 1. The Bertz CT molecular complexity index is 943. The smallest absolute Gasteiger partial charge is 0.269 e. The lowest BCUT2D eigenvalue weighted by atomic mass is 9.98. The molecule has 1 unspecified atom stereocenters. The molecular formula is C17H18N6O2. The van der Waals surface area contributed by atoms with Crippen LogP contribution >= 0.6 is 0 Å². The molecule has 0 radical (unpaired) electrons. The second-order valence-electron chi connectivity index (χ2n) is 6.22. The van der Waals surface area contributed by atoms with Crippen molar-refractivity contribution in [1.29, 1.82) is 0 Å². The molecule has 1 atom stereocenters. The number of benzene rings is 1. The lowest BCUT2D eigenvalue weighted by Crippen LogP contribution is -2.38. The molecule has 1 aliphatic heterocycles. The van der Waals surface area contributed by atoms with Crippen molar-refractivity contribution < 1.29 is 9.59 Å². The van der Waals surface area contributed by atoms with Gasteiger partial charge in [0.2, 0.25) is 0 Å². The molecule has 4 N–H and O–H groups in total. The van der Waals surface area contributed by atoms with Crippen LogP contribution in [0.4, 0.5) is 0 Å². The maximum atomic E-state index is 13.1. The number of hydrogen-bond donors (Lipinski definition) is 3. The van der Waals surface area contributed by atoms with Crippen molar-refractivity contribution in [3.05, 3.63) is 47.5 Å². The number of hydrogen-bond acceptors (Lipinski definition) is 4. The molecule has 8 heteroatoms. The summed E-state index contributed by atoms with van der Waals surface area (Å²) in [5.74, 6) is -0.627. The molecule has 4 rings (SSSR count). The van der Waals surface area contributed by atoms with Crippen molar-refractivity contribution >= 4 is 22.8 Å². The number of nitrogens with zero attached hydrogens (tertiary/aromatic N) is 3. The third kappa shape index (κ3) is 2.75. The van der Waals surface area contributed by atoms with Crippen molar-refractivity contribution in [2.45, 2.75) is 25.3 Å². The molecule has 3 aromatic rings. The van der Waals surface area contributed by atoms with Crippen LogP contribution in [0.15, 0.2) is 30.6 Å². The van der Waals surface area contributed by atoms with E-state index in [4.69, 9.17) is 5.73 Å². The topological polar surface area (TPSA) is 121 Å². The Morgan fingerprint density at radius 1 is 1.24 bits per heavy atom. The Labute approximate surface area is 143 Å². The van der Waals surface area contributed by atoms with Gasteiger partial charge in [-0.3, -0.25) is 14.7 Å². The Morgan fingerprint density at radius 3 is 2.92 bits per heavy atom. The van der Waals surface area contributed by atoms with Crippen molar-refractivity contribution in [2.24, 2.45) is 5.73 Å². The fourth-order valence-electron chi connectivity index (χ4n) is 3.37. The van der Waals surface area contributed by atoms with Gasteiger partial charge in [0.15, 0.2) is 0 Å². The third-order valence-corrected chi connectivity index (χ3v) is 4.64. The molecule has 1 aliphatic rings. The van der Waals surface area contributed by atoms with Gasteiger partial charge in [-0.1, -0.05) is 0 Å². The van der Waals surface area contributed by atoms with Crippen LogP contribution in [0.5, 0.6) is 0 Å². The van der Waals surface area contributed by atoms with E-state index in [2.05, 4.69) is 20.2 Å². The summed E-state index contributed by atoms with van der Waals surface area (Å²) in [4.78, 5) is 33.4. The maximum absolute atomic E-state index is 13.1. The van der Waals surface area contributed by atoms with E-state index in [9.17, 15) is 9.59 Å². The number of fused-ring (bicyclic) bond motifs is 1. The van der Waals surface area contributed by atoms with E-state index in [0.717, 1.165) is 36.0 Å². The molecule has 0 saturated carbocycles. The largest absolute Gasteiger partial charge is 0.364 e. The van der Waals surface area contributed by atoms with Gasteiger partial charge in [0.25, 0.3) is 11.8 Å². The Morgan fingerprint density at radius 2 is 2.12 bits per heavy atom. The number of likely N-dealkylation sites (tertiary alicyclic amines) is 1. The minimum Gasteiger partial charge on any atom is -0.364 e. The minimum atomic E-state index is -0.583. The molecule has 3 heterocycles. The average Bonchev–Trinajstić information content (AvgIpc) is 3.29. The molecule has 1 fully saturated rings. The number of rotatable bonds is 3. The van der Waals surface area contributed by atoms with E-state index >= 15 is 0 Å². The SMILES string of the molecule is NC(=O)c1cc(C2CCCCN2C(=O)c2ccc3nc[nH]c3c2)[nH]n1. The number of carbonyl (C=O) groups excluding carboxylic acids is 2. The van der Waals surface area contributed by atoms with Gasteiger partial charge in [-0.15, -0.1) is 0 Å². The van der Waals surface area contributed by atoms with Crippen LogP contribution < -0.4 is 5.73 Å². The van der Waals surface area contributed by atoms with Crippen LogP contribution in [-0.2, 0) is 0 Å². The van der Waals surface area contributed by atoms with Gasteiger partial charge in [-0.05, 0) is 43.5 Å². The summed E-state index contributed by atoms with van der Waals surface area (Å²) in [5, 5.41) is 6.80. The third-order valence-electron chi connectivity index (χ3n) is 4.64. The molecule has 25 heavy (non-hydrogen) atoms. The van der Waals surface area contributed by atoms with Crippen LogP contribution in [0, 0.1) is 0 Å². The first-order chi connectivity index (χ1) is 12.1. The molecule has 2 amide bonds. The first-order valence-electron chi connectivity index (χ1n) is 8.22. The lowest BCUT2D eigenvalue weighted by molar-refractivity contribution is 0.0606. The number of aromatic nitrogens is 4. The average molecular weight is 338 g/mol. The van der Waals surface area contributed by atoms with Gasteiger partial charge in [0, 0.05) is 12.1 Å². The van der Waals surface area contributed by atoms with Crippen LogP contribution in [0.3, 0.4) is 0 Å². The van der Waals surface area contributed by atoms with Gasteiger partial charge >= 0.3 is 0 Å². The summed E-state index contributed by atoms with van der Waals surface area (Å²) in [6.07, 6.45) is 4.39. The van der Waals surface area contributed by atoms with E-state index in [-0.39, 0.29) is 17.6 Å². The highest BCUT2D eigenvalue weighted by Gasteiger charge is 2.30. The van der Waals surface area contributed by atoms with Crippen molar-refractivity contribution in [3.8, 4) is 0 Å². The van der Waals surface area contributed by atoms with Crippen molar-refractivity contribution in [1.82, 2.24) is 25.1 Å². The van der Waals surface area contributed by atoms with E-state index < -0.39 is 5.91 Å².